The number of hydrogen-bond donors (Lipinski definition) is 2. The molecule has 0 aliphatic heterocycles. The predicted molar refractivity (Wildman–Crippen MR) is 50.0 cm³/mol. The molecule has 1 unspecified atom stereocenters. The van der Waals surface area contributed by atoms with E-state index in [1.807, 2.05) is 6.07 Å². The van der Waals surface area contributed by atoms with Crippen molar-refractivity contribution in [2.75, 3.05) is 7.05 Å². The number of hydrogen-bond acceptors (Lipinski definition) is 3. The van der Waals surface area contributed by atoms with Gasteiger partial charge in [-0.1, -0.05) is 0 Å². The molecule has 0 aromatic carbocycles. The fourth-order valence-corrected chi connectivity index (χ4v) is 2.21. The van der Waals surface area contributed by atoms with Crippen molar-refractivity contribution in [3.63, 3.8) is 0 Å². The van der Waals surface area contributed by atoms with E-state index in [0.717, 1.165) is 24.2 Å². The molecule has 1 heterocycles. The molecular weight excluding hydrogens is 182 g/mol. The Kier molecular flexibility index (Phi) is 2.07. The summed E-state index contributed by atoms with van der Waals surface area (Å²) in [5.74, 6) is 0.133. The Morgan fingerprint density at radius 1 is 1.79 bits per heavy atom. The average Bonchev–Trinajstić information content (AvgIpc) is 2.68. The van der Waals surface area contributed by atoms with Crippen molar-refractivity contribution in [1.82, 2.24) is 5.32 Å². The molecule has 14 heavy (non-hydrogen) atoms. The number of aliphatic carboxylic acids is 1. The van der Waals surface area contributed by atoms with Crippen LogP contribution in [0.2, 0.25) is 0 Å². The number of carboxylic acids is 1. The van der Waals surface area contributed by atoms with Gasteiger partial charge < -0.3 is 14.8 Å². The summed E-state index contributed by atoms with van der Waals surface area (Å²) in [6.45, 7) is 0. The van der Waals surface area contributed by atoms with Gasteiger partial charge in [0.1, 0.15) is 5.76 Å². The zero-order chi connectivity index (χ0) is 10.2. The highest BCUT2D eigenvalue weighted by molar-refractivity contribution is 5.69. The van der Waals surface area contributed by atoms with E-state index >= 15 is 0 Å². The zero-order valence-electron chi connectivity index (χ0n) is 8.04. The minimum Gasteiger partial charge on any atom is -0.481 e. The lowest BCUT2D eigenvalue weighted by molar-refractivity contribution is -0.138. The van der Waals surface area contributed by atoms with Gasteiger partial charge in [0, 0.05) is 12.0 Å². The first-order valence-corrected chi connectivity index (χ1v) is 4.65. The topological polar surface area (TPSA) is 62.5 Å². The van der Waals surface area contributed by atoms with Gasteiger partial charge in [0.25, 0.3) is 0 Å². The lowest BCUT2D eigenvalue weighted by Gasteiger charge is -2.26. The third-order valence-corrected chi connectivity index (χ3v) is 2.97. The van der Waals surface area contributed by atoms with Crippen LogP contribution in [0.1, 0.15) is 24.2 Å². The number of fused-ring (bicyclic) bond motifs is 1. The molecule has 0 spiro atoms. The normalized spacial score (nSPS) is 24.9. The van der Waals surface area contributed by atoms with Gasteiger partial charge in [-0.25, -0.2) is 0 Å². The van der Waals surface area contributed by atoms with E-state index in [1.54, 1.807) is 13.3 Å². The third kappa shape index (κ3) is 1.23. The summed E-state index contributed by atoms with van der Waals surface area (Å²) in [5.41, 5.74) is 0.580. The Balaban J connectivity index is 2.35. The summed E-state index contributed by atoms with van der Waals surface area (Å²) >= 11 is 0. The number of carbonyl (C=O) groups is 1. The number of carboxylic acid groups (broad SMARTS) is 1. The molecule has 1 aromatic rings. The highest BCUT2D eigenvalue weighted by Gasteiger charge is 2.41. The van der Waals surface area contributed by atoms with Crippen molar-refractivity contribution in [3.8, 4) is 0 Å². The monoisotopic (exact) mass is 195 g/mol. The number of rotatable bonds is 3. The molecule has 4 nitrogen and oxygen atoms in total. The maximum Gasteiger partial charge on any atom is 0.305 e. The van der Waals surface area contributed by atoms with Gasteiger partial charge in [-0.3, -0.25) is 4.79 Å². The smallest absolute Gasteiger partial charge is 0.305 e. The summed E-state index contributed by atoms with van der Waals surface area (Å²) in [4.78, 5) is 10.8. The summed E-state index contributed by atoms with van der Waals surface area (Å²) in [6.07, 6.45) is 3.34. The second-order valence-electron chi connectivity index (χ2n) is 3.66. The molecule has 1 atom stereocenters. The molecular formula is C10H13NO3. The van der Waals surface area contributed by atoms with Gasteiger partial charge in [0.05, 0.1) is 18.2 Å². The number of aryl methyl sites for hydroxylation is 1. The van der Waals surface area contributed by atoms with Crippen molar-refractivity contribution in [2.45, 2.75) is 24.8 Å². The van der Waals surface area contributed by atoms with Crippen LogP contribution in [0.3, 0.4) is 0 Å². The van der Waals surface area contributed by atoms with E-state index in [1.165, 1.54) is 0 Å². The van der Waals surface area contributed by atoms with Crippen LogP contribution < -0.4 is 5.32 Å². The van der Waals surface area contributed by atoms with E-state index in [2.05, 4.69) is 5.32 Å². The van der Waals surface area contributed by atoms with E-state index < -0.39 is 11.5 Å². The summed E-state index contributed by atoms with van der Waals surface area (Å²) in [6, 6.07) is 1.86. The van der Waals surface area contributed by atoms with Gasteiger partial charge >= 0.3 is 5.97 Å². The van der Waals surface area contributed by atoms with E-state index in [9.17, 15) is 4.79 Å². The molecule has 0 bridgehead atoms. The first kappa shape index (κ1) is 9.27. The van der Waals surface area contributed by atoms with Crippen LogP contribution in [-0.2, 0) is 16.8 Å². The Labute approximate surface area is 81.9 Å². The average molecular weight is 195 g/mol. The van der Waals surface area contributed by atoms with Crippen molar-refractivity contribution in [1.29, 1.82) is 0 Å². The van der Waals surface area contributed by atoms with Gasteiger partial charge in [-0.2, -0.15) is 0 Å². The van der Waals surface area contributed by atoms with Crippen molar-refractivity contribution in [3.05, 3.63) is 23.7 Å². The van der Waals surface area contributed by atoms with Crippen LogP contribution in [0.25, 0.3) is 0 Å². The van der Waals surface area contributed by atoms with E-state index in [4.69, 9.17) is 9.52 Å². The van der Waals surface area contributed by atoms with Gasteiger partial charge in [0.2, 0.25) is 0 Å². The summed E-state index contributed by atoms with van der Waals surface area (Å²) < 4.78 is 5.28. The SMILES string of the molecule is CNC1(CC(=O)O)CCc2occc21. The molecule has 1 aromatic heterocycles. The molecule has 0 saturated carbocycles. The highest BCUT2D eigenvalue weighted by Crippen LogP contribution is 2.39. The Morgan fingerprint density at radius 2 is 2.57 bits per heavy atom. The molecule has 2 N–H and O–H groups in total. The molecule has 2 rings (SSSR count). The van der Waals surface area contributed by atoms with Crippen LogP contribution in [0.4, 0.5) is 0 Å². The largest absolute Gasteiger partial charge is 0.481 e. The fourth-order valence-electron chi connectivity index (χ4n) is 2.21. The van der Waals surface area contributed by atoms with Crippen LogP contribution >= 0.6 is 0 Å². The van der Waals surface area contributed by atoms with E-state index in [-0.39, 0.29) is 6.42 Å². The van der Waals surface area contributed by atoms with Crippen molar-refractivity contribution >= 4 is 5.97 Å². The second-order valence-corrected chi connectivity index (χ2v) is 3.66. The van der Waals surface area contributed by atoms with E-state index in [0.29, 0.717) is 0 Å². The summed E-state index contributed by atoms with van der Waals surface area (Å²) in [5, 5.41) is 12.0. The third-order valence-electron chi connectivity index (χ3n) is 2.97. The number of nitrogens with one attached hydrogen (secondary N) is 1. The predicted octanol–water partition coefficient (Wildman–Crippen LogP) is 1.12. The van der Waals surface area contributed by atoms with Crippen LogP contribution in [0.15, 0.2) is 16.7 Å². The van der Waals surface area contributed by atoms with Crippen molar-refractivity contribution < 1.29 is 14.3 Å². The fraction of sp³-hybridized carbons (Fsp3) is 0.500. The standard InChI is InChI=1S/C10H13NO3/c1-11-10(6-9(12)13)4-2-8-7(10)3-5-14-8/h3,5,11H,2,4,6H2,1H3,(H,12,13). The van der Waals surface area contributed by atoms with Gasteiger partial charge in [0.15, 0.2) is 0 Å². The first-order chi connectivity index (χ1) is 6.68. The molecule has 0 saturated heterocycles. The molecule has 76 valence electrons. The second kappa shape index (κ2) is 3.13. The Morgan fingerprint density at radius 3 is 3.21 bits per heavy atom. The molecule has 0 radical (unpaired) electrons. The first-order valence-electron chi connectivity index (χ1n) is 4.65. The number of furan rings is 1. The quantitative estimate of drug-likeness (QED) is 0.758. The Hall–Kier alpha value is -1.29. The van der Waals surface area contributed by atoms with Gasteiger partial charge in [-0.05, 0) is 19.5 Å². The minimum atomic E-state index is -0.784. The molecule has 1 aliphatic rings. The maximum atomic E-state index is 10.8. The lowest BCUT2D eigenvalue weighted by atomic mass is 9.90. The highest BCUT2D eigenvalue weighted by atomic mass is 16.4. The van der Waals surface area contributed by atoms with Crippen LogP contribution in [0.5, 0.6) is 0 Å². The van der Waals surface area contributed by atoms with Crippen LogP contribution in [0, 0.1) is 0 Å². The molecule has 0 amide bonds. The Bertz CT molecular complexity index is 358. The summed E-state index contributed by atoms with van der Waals surface area (Å²) in [7, 11) is 1.80. The van der Waals surface area contributed by atoms with Crippen LogP contribution in [-0.4, -0.2) is 18.1 Å². The minimum absolute atomic E-state index is 0.107. The maximum absolute atomic E-state index is 10.8. The lowest BCUT2D eigenvalue weighted by Crippen LogP contribution is -2.39. The molecule has 4 heteroatoms. The molecule has 1 aliphatic carbocycles. The van der Waals surface area contributed by atoms with Gasteiger partial charge in [-0.15, -0.1) is 0 Å². The van der Waals surface area contributed by atoms with Crippen molar-refractivity contribution in [2.24, 2.45) is 0 Å². The molecule has 0 fully saturated rings. The zero-order valence-corrected chi connectivity index (χ0v) is 8.04.